The molecular weight excluding hydrogens is 309 g/mol. The molecule has 2 saturated heterocycles. The molecule has 0 aromatic carbocycles. The standard InChI is InChI=1S/C15H21F3N4O/c1-21-8-4-11(23)14(9-21)5-2-7-22(10-14)12-3-6-19-13(20-12)15(16,17)18/h3,6,11,23H,2,4-5,7-10H2,1H3/t11-,14-/m0/s1. The van der Waals surface area contributed by atoms with Crippen molar-refractivity contribution in [3.63, 3.8) is 0 Å². The molecule has 0 radical (unpaired) electrons. The minimum atomic E-state index is -4.55. The van der Waals surface area contributed by atoms with Gasteiger partial charge in [-0.05, 0) is 32.4 Å². The van der Waals surface area contributed by atoms with Gasteiger partial charge < -0.3 is 14.9 Å². The number of aliphatic hydroxyl groups excluding tert-OH is 1. The normalized spacial score (nSPS) is 30.0. The molecule has 128 valence electrons. The smallest absolute Gasteiger partial charge is 0.392 e. The Kier molecular flexibility index (Phi) is 4.22. The molecule has 3 rings (SSSR count). The molecule has 0 unspecified atom stereocenters. The first kappa shape index (κ1) is 16.4. The average molecular weight is 330 g/mol. The van der Waals surface area contributed by atoms with E-state index in [0.29, 0.717) is 19.5 Å². The van der Waals surface area contributed by atoms with Crippen LogP contribution in [0.2, 0.25) is 0 Å². The molecule has 2 fully saturated rings. The van der Waals surface area contributed by atoms with E-state index >= 15 is 0 Å². The average Bonchev–Trinajstić information content (AvgIpc) is 2.51. The van der Waals surface area contributed by atoms with Gasteiger partial charge in [0.25, 0.3) is 0 Å². The lowest BCUT2D eigenvalue weighted by Gasteiger charge is -2.50. The number of nitrogens with zero attached hydrogens (tertiary/aromatic N) is 4. The van der Waals surface area contributed by atoms with Crippen molar-refractivity contribution in [2.24, 2.45) is 5.41 Å². The Morgan fingerprint density at radius 1 is 1.30 bits per heavy atom. The summed E-state index contributed by atoms with van der Waals surface area (Å²) in [6, 6.07) is 1.51. The third kappa shape index (κ3) is 3.28. The van der Waals surface area contributed by atoms with E-state index in [2.05, 4.69) is 14.9 Å². The summed E-state index contributed by atoms with van der Waals surface area (Å²) in [5.41, 5.74) is -0.297. The second-order valence-corrected chi connectivity index (χ2v) is 6.67. The summed E-state index contributed by atoms with van der Waals surface area (Å²) in [6.07, 6.45) is -1.42. The molecular formula is C15H21F3N4O. The largest absolute Gasteiger partial charge is 0.451 e. The molecule has 1 N–H and O–H groups in total. The molecule has 3 heterocycles. The van der Waals surface area contributed by atoms with Crippen molar-refractivity contribution in [3.05, 3.63) is 18.1 Å². The predicted octanol–water partition coefficient (Wildman–Crippen LogP) is 1.78. The van der Waals surface area contributed by atoms with Gasteiger partial charge in [-0.15, -0.1) is 0 Å². The van der Waals surface area contributed by atoms with Crippen LogP contribution >= 0.6 is 0 Å². The van der Waals surface area contributed by atoms with Gasteiger partial charge in [0.05, 0.1) is 6.10 Å². The summed E-state index contributed by atoms with van der Waals surface area (Å²) in [6.45, 7) is 2.76. The highest BCUT2D eigenvalue weighted by molar-refractivity contribution is 5.39. The van der Waals surface area contributed by atoms with Crippen LogP contribution in [0.3, 0.4) is 0 Å². The fourth-order valence-corrected chi connectivity index (χ4v) is 3.79. The molecule has 1 spiro atoms. The number of aliphatic hydroxyl groups is 1. The zero-order valence-corrected chi connectivity index (χ0v) is 13.1. The number of aromatic nitrogens is 2. The van der Waals surface area contributed by atoms with Gasteiger partial charge in [-0.25, -0.2) is 9.97 Å². The topological polar surface area (TPSA) is 52.5 Å². The van der Waals surface area contributed by atoms with Crippen LogP contribution in [0.15, 0.2) is 12.3 Å². The van der Waals surface area contributed by atoms with Gasteiger partial charge in [0.15, 0.2) is 0 Å². The molecule has 1 aromatic heterocycles. The van der Waals surface area contributed by atoms with E-state index in [9.17, 15) is 18.3 Å². The summed E-state index contributed by atoms with van der Waals surface area (Å²) in [5.74, 6) is -0.831. The Hall–Kier alpha value is -1.41. The van der Waals surface area contributed by atoms with Gasteiger partial charge in [-0.3, -0.25) is 0 Å². The van der Waals surface area contributed by atoms with E-state index in [1.54, 1.807) is 0 Å². The number of halogens is 3. The highest BCUT2D eigenvalue weighted by Crippen LogP contribution is 2.39. The quantitative estimate of drug-likeness (QED) is 0.851. The maximum atomic E-state index is 12.8. The number of piperidine rings is 2. The Balaban J connectivity index is 1.84. The van der Waals surface area contributed by atoms with E-state index in [0.717, 1.165) is 32.1 Å². The number of anilines is 1. The Morgan fingerprint density at radius 3 is 2.83 bits per heavy atom. The molecule has 1 aromatic rings. The molecule has 0 amide bonds. The van der Waals surface area contributed by atoms with Crippen LogP contribution in [0.5, 0.6) is 0 Å². The zero-order chi connectivity index (χ0) is 16.7. The van der Waals surface area contributed by atoms with Crippen molar-refractivity contribution in [1.82, 2.24) is 14.9 Å². The van der Waals surface area contributed by atoms with Crippen LogP contribution in [0.25, 0.3) is 0 Å². The van der Waals surface area contributed by atoms with Gasteiger partial charge in [0.1, 0.15) is 5.82 Å². The summed E-state index contributed by atoms with van der Waals surface area (Å²) in [5, 5.41) is 10.5. The van der Waals surface area contributed by atoms with Crippen LogP contribution < -0.4 is 4.90 Å². The first-order chi connectivity index (χ1) is 10.8. The fraction of sp³-hybridized carbons (Fsp3) is 0.733. The molecule has 0 aliphatic carbocycles. The summed E-state index contributed by atoms with van der Waals surface area (Å²) < 4.78 is 38.4. The molecule has 2 aliphatic heterocycles. The lowest BCUT2D eigenvalue weighted by Crippen LogP contribution is -2.58. The molecule has 23 heavy (non-hydrogen) atoms. The van der Waals surface area contributed by atoms with E-state index in [1.807, 2.05) is 11.9 Å². The van der Waals surface area contributed by atoms with E-state index in [-0.39, 0.29) is 11.2 Å². The minimum absolute atomic E-state index is 0.284. The van der Waals surface area contributed by atoms with E-state index < -0.39 is 18.1 Å². The second kappa shape index (κ2) is 5.90. The van der Waals surface area contributed by atoms with Crippen molar-refractivity contribution in [3.8, 4) is 0 Å². The van der Waals surface area contributed by atoms with Crippen LogP contribution in [0, 0.1) is 5.41 Å². The number of hydrogen-bond donors (Lipinski definition) is 1. The molecule has 8 heteroatoms. The van der Waals surface area contributed by atoms with E-state index in [1.165, 1.54) is 6.07 Å². The third-order valence-corrected chi connectivity index (χ3v) is 4.90. The van der Waals surface area contributed by atoms with Gasteiger partial charge in [-0.1, -0.05) is 0 Å². The molecule has 2 aliphatic rings. The second-order valence-electron chi connectivity index (χ2n) is 6.67. The highest BCUT2D eigenvalue weighted by atomic mass is 19.4. The first-order valence-electron chi connectivity index (χ1n) is 7.82. The summed E-state index contributed by atoms with van der Waals surface area (Å²) in [4.78, 5) is 11.0. The van der Waals surface area contributed by atoms with Crippen molar-refractivity contribution < 1.29 is 18.3 Å². The lowest BCUT2D eigenvalue weighted by molar-refractivity contribution is -0.144. The zero-order valence-electron chi connectivity index (χ0n) is 13.1. The van der Waals surface area contributed by atoms with Gasteiger partial charge in [0, 0.05) is 37.8 Å². The van der Waals surface area contributed by atoms with Gasteiger partial charge in [-0.2, -0.15) is 13.2 Å². The van der Waals surface area contributed by atoms with Crippen LogP contribution in [-0.2, 0) is 6.18 Å². The first-order valence-corrected chi connectivity index (χ1v) is 7.82. The molecule has 0 bridgehead atoms. The van der Waals surface area contributed by atoms with Crippen molar-refractivity contribution >= 4 is 5.82 Å². The number of likely N-dealkylation sites (tertiary alicyclic amines) is 1. The van der Waals surface area contributed by atoms with Crippen LogP contribution in [-0.4, -0.2) is 59.3 Å². The van der Waals surface area contributed by atoms with Gasteiger partial charge in [0.2, 0.25) is 5.82 Å². The van der Waals surface area contributed by atoms with Crippen LogP contribution in [0.4, 0.5) is 19.0 Å². The molecule has 0 saturated carbocycles. The maximum absolute atomic E-state index is 12.8. The van der Waals surface area contributed by atoms with Crippen molar-refractivity contribution in [2.45, 2.75) is 31.5 Å². The Labute approximate surface area is 133 Å². The van der Waals surface area contributed by atoms with Crippen LogP contribution in [0.1, 0.15) is 25.1 Å². The third-order valence-electron chi connectivity index (χ3n) is 4.90. The Bertz CT molecular complexity index is 568. The number of rotatable bonds is 1. The number of alkyl halides is 3. The van der Waals surface area contributed by atoms with Gasteiger partial charge >= 0.3 is 6.18 Å². The molecule has 5 nitrogen and oxygen atoms in total. The SMILES string of the molecule is CN1CC[C@H](O)[C@@]2(CCCN(c3ccnc(C(F)(F)F)n3)C2)C1. The highest BCUT2D eigenvalue weighted by Gasteiger charge is 2.45. The Morgan fingerprint density at radius 2 is 2.09 bits per heavy atom. The molecule has 2 atom stereocenters. The minimum Gasteiger partial charge on any atom is -0.392 e. The predicted molar refractivity (Wildman–Crippen MR) is 79.0 cm³/mol. The lowest BCUT2D eigenvalue weighted by atomic mass is 9.71. The van der Waals surface area contributed by atoms with Crippen molar-refractivity contribution in [1.29, 1.82) is 0 Å². The van der Waals surface area contributed by atoms with E-state index in [4.69, 9.17) is 0 Å². The summed E-state index contributed by atoms with van der Waals surface area (Å²) in [7, 11) is 2.01. The fourth-order valence-electron chi connectivity index (χ4n) is 3.79. The van der Waals surface area contributed by atoms with Crippen molar-refractivity contribution in [2.75, 3.05) is 38.1 Å². The maximum Gasteiger partial charge on any atom is 0.451 e. The monoisotopic (exact) mass is 330 g/mol. The summed E-state index contributed by atoms with van der Waals surface area (Å²) >= 11 is 0. The number of hydrogen-bond acceptors (Lipinski definition) is 5.